The Morgan fingerprint density at radius 2 is 2.12 bits per heavy atom. The van der Waals surface area contributed by atoms with Crippen LogP contribution in [0.2, 0.25) is 0 Å². The second-order valence-corrected chi connectivity index (χ2v) is 3.54. The van der Waals surface area contributed by atoms with Gasteiger partial charge in [0.05, 0.1) is 25.7 Å². The Morgan fingerprint density at radius 1 is 1.44 bits per heavy atom. The van der Waals surface area contributed by atoms with Gasteiger partial charge in [0.1, 0.15) is 24.9 Å². The fourth-order valence-corrected chi connectivity index (χ4v) is 1.46. The SMILES string of the molecule is N#CCCO[C@]1(CO)OC[C@@H](O)[C@@H](O)[C@@H]1O. The molecule has 92 valence electrons. The van der Waals surface area contributed by atoms with Crippen LogP contribution in [0.1, 0.15) is 6.42 Å². The molecule has 1 saturated heterocycles. The number of nitrogens with zero attached hydrogens (tertiary/aromatic N) is 1. The molecule has 1 aliphatic heterocycles. The van der Waals surface area contributed by atoms with Crippen LogP contribution >= 0.6 is 0 Å². The van der Waals surface area contributed by atoms with Crippen molar-refractivity contribution in [3.8, 4) is 6.07 Å². The predicted octanol–water partition coefficient (Wildman–Crippen LogP) is -2.28. The quantitative estimate of drug-likeness (QED) is 0.403. The number of hydrogen-bond acceptors (Lipinski definition) is 7. The monoisotopic (exact) mass is 233 g/mol. The van der Waals surface area contributed by atoms with Gasteiger partial charge in [-0.3, -0.25) is 0 Å². The van der Waals surface area contributed by atoms with E-state index in [0.29, 0.717) is 0 Å². The third kappa shape index (κ3) is 2.49. The van der Waals surface area contributed by atoms with E-state index in [1.54, 1.807) is 0 Å². The molecule has 0 amide bonds. The summed E-state index contributed by atoms with van der Waals surface area (Å²) < 4.78 is 10.1. The number of rotatable bonds is 4. The fourth-order valence-electron chi connectivity index (χ4n) is 1.46. The predicted molar refractivity (Wildman–Crippen MR) is 50.0 cm³/mol. The summed E-state index contributed by atoms with van der Waals surface area (Å²) in [6, 6.07) is 1.83. The standard InChI is InChI=1S/C9H15NO6/c10-2-1-3-15-9(5-11)8(14)7(13)6(12)4-16-9/h6-8,11-14H,1,3-5H2/t6-,7-,8+,9-/m1/s1. The summed E-state index contributed by atoms with van der Waals surface area (Å²) in [5.41, 5.74) is 0. The van der Waals surface area contributed by atoms with E-state index in [1.165, 1.54) is 0 Å². The normalized spacial score (nSPS) is 39.3. The molecule has 1 fully saturated rings. The molecule has 0 aromatic rings. The zero-order valence-corrected chi connectivity index (χ0v) is 8.61. The van der Waals surface area contributed by atoms with Crippen molar-refractivity contribution in [1.82, 2.24) is 0 Å². The van der Waals surface area contributed by atoms with Crippen LogP contribution in [-0.4, -0.2) is 64.3 Å². The van der Waals surface area contributed by atoms with Crippen LogP contribution in [0.3, 0.4) is 0 Å². The molecule has 16 heavy (non-hydrogen) atoms. The lowest BCUT2D eigenvalue weighted by molar-refractivity contribution is -0.348. The van der Waals surface area contributed by atoms with Crippen LogP contribution in [0.15, 0.2) is 0 Å². The molecular weight excluding hydrogens is 218 g/mol. The van der Waals surface area contributed by atoms with E-state index < -0.39 is 30.7 Å². The maximum atomic E-state index is 9.65. The average molecular weight is 233 g/mol. The van der Waals surface area contributed by atoms with Crippen molar-refractivity contribution < 1.29 is 29.9 Å². The number of nitriles is 1. The Morgan fingerprint density at radius 3 is 2.69 bits per heavy atom. The van der Waals surface area contributed by atoms with Crippen molar-refractivity contribution in [2.45, 2.75) is 30.5 Å². The van der Waals surface area contributed by atoms with Gasteiger partial charge in [0.2, 0.25) is 5.79 Å². The van der Waals surface area contributed by atoms with Gasteiger partial charge in [-0.1, -0.05) is 0 Å². The first kappa shape index (κ1) is 13.3. The van der Waals surface area contributed by atoms with Crippen molar-refractivity contribution in [3.05, 3.63) is 0 Å². The van der Waals surface area contributed by atoms with Crippen molar-refractivity contribution in [2.75, 3.05) is 19.8 Å². The van der Waals surface area contributed by atoms with Gasteiger partial charge in [-0.2, -0.15) is 5.26 Å². The Labute approximate surface area is 92.4 Å². The highest BCUT2D eigenvalue weighted by atomic mass is 16.7. The summed E-state index contributed by atoms with van der Waals surface area (Å²) in [6.45, 7) is -0.981. The van der Waals surface area contributed by atoms with E-state index in [-0.39, 0.29) is 19.6 Å². The number of hydrogen-bond donors (Lipinski definition) is 4. The fraction of sp³-hybridized carbons (Fsp3) is 0.889. The minimum atomic E-state index is -1.77. The van der Waals surface area contributed by atoms with E-state index in [1.807, 2.05) is 6.07 Å². The molecule has 0 aromatic carbocycles. The molecule has 0 bridgehead atoms. The minimum absolute atomic E-state index is 0.0447. The summed E-state index contributed by atoms with van der Waals surface area (Å²) in [4.78, 5) is 0. The molecule has 7 heteroatoms. The van der Waals surface area contributed by atoms with Crippen LogP contribution in [-0.2, 0) is 9.47 Å². The highest BCUT2D eigenvalue weighted by Gasteiger charge is 2.50. The Hall–Kier alpha value is -0.750. The smallest absolute Gasteiger partial charge is 0.221 e. The summed E-state index contributed by atoms with van der Waals surface area (Å²) in [7, 11) is 0. The highest BCUT2D eigenvalue weighted by Crippen LogP contribution is 2.27. The first-order chi connectivity index (χ1) is 7.57. The number of aliphatic hydroxyl groups is 4. The van der Waals surface area contributed by atoms with Gasteiger partial charge in [0, 0.05) is 0 Å². The first-order valence-electron chi connectivity index (χ1n) is 4.87. The summed E-state index contributed by atoms with van der Waals surface area (Å²) in [5, 5.41) is 45.8. The minimum Gasteiger partial charge on any atom is -0.391 e. The van der Waals surface area contributed by atoms with E-state index in [9.17, 15) is 15.3 Å². The van der Waals surface area contributed by atoms with Crippen LogP contribution < -0.4 is 0 Å². The van der Waals surface area contributed by atoms with Gasteiger partial charge >= 0.3 is 0 Å². The molecular formula is C9H15NO6. The Balaban J connectivity index is 2.67. The summed E-state index contributed by atoms with van der Waals surface area (Å²) >= 11 is 0. The lowest BCUT2D eigenvalue weighted by atomic mass is 9.97. The second-order valence-electron chi connectivity index (χ2n) is 3.54. The topological polar surface area (TPSA) is 123 Å². The van der Waals surface area contributed by atoms with Crippen molar-refractivity contribution in [3.63, 3.8) is 0 Å². The van der Waals surface area contributed by atoms with Gasteiger partial charge in [-0.25, -0.2) is 0 Å². The van der Waals surface area contributed by atoms with Gasteiger partial charge in [-0.15, -0.1) is 0 Å². The molecule has 0 unspecified atom stereocenters. The highest BCUT2D eigenvalue weighted by molar-refractivity contribution is 4.92. The van der Waals surface area contributed by atoms with Gasteiger partial charge < -0.3 is 29.9 Å². The van der Waals surface area contributed by atoms with Crippen LogP contribution in [0.4, 0.5) is 0 Å². The molecule has 1 aliphatic rings. The largest absolute Gasteiger partial charge is 0.391 e. The van der Waals surface area contributed by atoms with Crippen LogP contribution in [0, 0.1) is 11.3 Å². The first-order valence-corrected chi connectivity index (χ1v) is 4.87. The molecule has 4 atom stereocenters. The van der Waals surface area contributed by atoms with Crippen molar-refractivity contribution in [2.24, 2.45) is 0 Å². The maximum Gasteiger partial charge on any atom is 0.221 e. The van der Waals surface area contributed by atoms with Gasteiger partial charge in [0.15, 0.2) is 0 Å². The molecule has 1 rings (SSSR count). The summed E-state index contributed by atoms with van der Waals surface area (Å²) in [5.74, 6) is -1.77. The van der Waals surface area contributed by atoms with Gasteiger partial charge in [-0.05, 0) is 0 Å². The molecule has 7 nitrogen and oxygen atoms in total. The summed E-state index contributed by atoms with van der Waals surface area (Å²) in [6.07, 6.45) is -4.19. The number of ether oxygens (including phenoxy) is 2. The zero-order chi connectivity index (χ0) is 12.2. The van der Waals surface area contributed by atoms with E-state index >= 15 is 0 Å². The molecule has 0 radical (unpaired) electrons. The molecule has 0 spiro atoms. The zero-order valence-electron chi connectivity index (χ0n) is 8.61. The molecule has 0 aliphatic carbocycles. The lowest BCUT2D eigenvalue weighted by Crippen LogP contribution is -2.63. The third-order valence-corrected chi connectivity index (χ3v) is 2.45. The van der Waals surface area contributed by atoms with Crippen LogP contribution in [0.5, 0.6) is 0 Å². The van der Waals surface area contributed by atoms with Crippen LogP contribution in [0.25, 0.3) is 0 Å². The van der Waals surface area contributed by atoms with E-state index in [2.05, 4.69) is 0 Å². The second kappa shape index (κ2) is 5.54. The molecule has 4 N–H and O–H groups in total. The average Bonchev–Trinajstić information content (AvgIpc) is 2.30. The molecule has 1 heterocycles. The Kier molecular flexibility index (Phi) is 4.61. The molecule has 0 saturated carbocycles. The van der Waals surface area contributed by atoms with Gasteiger partial charge in [0.25, 0.3) is 0 Å². The Bertz CT molecular complexity index is 267. The molecule has 0 aromatic heterocycles. The number of aliphatic hydroxyl groups excluding tert-OH is 4. The van der Waals surface area contributed by atoms with E-state index in [0.717, 1.165) is 0 Å². The van der Waals surface area contributed by atoms with Crippen molar-refractivity contribution >= 4 is 0 Å². The third-order valence-electron chi connectivity index (χ3n) is 2.45. The maximum absolute atomic E-state index is 9.65. The lowest BCUT2D eigenvalue weighted by Gasteiger charge is -2.43. The van der Waals surface area contributed by atoms with Crippen molar-refractivity contribution in [1.29, 1.82) is 5.26 Å². The van der Waals surface area contributed by atoms with E-state index in [4.69, 9.17) is 19.8 Å².